The Morgan fingerprint density at radius 1 is 1.22 bits per heavy atom. The van der Waals surface area contributed by atoms with Crippen molar-refractivity contribution in [2.75, 3.05) is 19.6 Å². The number of hydrogen-bond donors (Lipinski definition) is 1. The molecule has 96 valence electrons. The van der Waals surface area contributed by atoms with Crippen LogP contribution in [-0.2, 0) is 5.60 Å². The van der Waals surface area contributed by atoms with Crippen LogP contribution >= 0.6 is 0 Å². The Hall–Kier alpha value is -1.30. The fourth-order valence-corrected chi connectivity index (χ4v) is 2.59. The highest BCUT2D eigenvalue weighted by Crippen LogP contribution is 2.32. The van der Waals surface area contributed by atoms with Gasteiger partial charge in [0.2, 0.25) is 0 Å². The van der Waals surface area contributed by atoms with Gasteiger partial charge in [-0.25, -0.2) is 0 Å². The summed E-state index contributed by atoms with van der Waals surface area (Å²) in [4.78, 5) is 2.40. The van der Waals surface area contributed by atoms with E-state index in [1.54, 1.807) is 0 Å². The van der Waals surface area contributed by atoms with Crippen molar-refractivity contribution in [2.24, 2.45) is 0 Å². The van der Waals surface area contributed by atoms with Crippen molar-refractivity contribution in [2.45, 2.75) is 31.3 Å². The fraction of sp³-hybridized carbons (Fsp3) is 0.500. The minimum absolute atomic E-state index is 0.635. The van der Waals surface area contributed by atoms with Crippen molar-refractivity contribution in [3.05, 3.63) is 35.9 Å². The van der Waals surface area contributed by atoms with Gasteiger partial charge in [0.25, 0.3) is 0 Å². The Labute approximate surface area is 110 Å². The van der Waals surface area contributed by atoms with Crippen LogP contribution in [0.1, 0.15) is 31.2 Å². The number of aliphatic hydroxyl groups is 1. The zero-order valence-corrected chi connectivity index (χ0v) is 10.8. The van der Waals surface area contributed by atoms with E-state index >= 15 is 0 Å². The normalized spacial score (nSPS) is 19.3. The number of likely N-dealkylation sites (tertiary alicyclic amines) is 1. The molecule has 0 aromatic heterocycles. The molecule has 1 aliphatic rings. The molecule has 1 N–H and O–H groups in total. The summed E-state index contributed by atoms with van der Waals surface area (Å²) in [6, 6.07) is 10.0. The smallest absolute Gasteiger partial charge is 0.0920 e. The number of terminal acetylenes is 1. The van der Waals surface area contributed by atoms with E-state index in [-0.39, 0.29) is 0 Å². The number of hydrogen-bond acceptors (Lipinski definition) is 2. The molecule has 0 spiro atoms. The molecule has 2 nitrogen and oxygen atoms in total. The maximum atomic E-state index is 10.7. The third-order valence-electron chi connectivity index (χ3n) is 3.79. The van der Waals surface area contributed by atoms with E-state index in [2.05, 4.69) is 10.8 Å². The molecule has 18 heavy (non-hydrogen) atoms. The summed E-state index contributed by atoms with van der Waals surface area (Å²) in [5, 5.41) is 10.7. The molecule has 2 rings (SSSR count). The highest BCUT2D eigenvalue weighted by atomic mass is 16.3. The molecule has 1 aromatic rings. The van der Waals surface area contributed by atoms with Gasteiger partial charge in [0, 0.05) is 19.5 Å². The first-order valence-corrected chi connectivity index (χ1v) is 6.68. The summed E-state index contributed by atoms with van der Waals surface area (Å²) in [6.07, 6.45) is 8.78. The predicted molar refractivity (Wildman–Crippen MR) is 74.1 cm³/mol. The average molecular weight is 243 g/mol. The van der Waals surface area contributed by atoms with Gasteiger partial charge in [0.15, 0.2) is 0 Å². The number of unbranched alkanes of at least 4 members (excludes halogenated alkanes) is 1. The predicted octanol–water partition coefficient (Wildman–Crippen LogP) is 2.38. The van der Waals surface area contributed by atoms with E-state index in [9.17, 15) is 5.11 Å². The minimum Gasteiger partial charge on any atom is -0.385 e. The van der Waals surface area contributed by atoms with E-state index in [0.717, 1.165) is 50.9 Å². The molecule has 1 aliphatic heterocycles. The van der Waals surface area contributed by atoms with Gasteiger partial charge in [-0.05, 0) is 31.4 Å². The van der Waals surface area contributed by atoms with E-state index in [1.165, 1.54) is 0 Å². The van der Waals surface area contributed by atoms with Crippen molar-refractivity contribution in [1.29, 1.82) is 0 Å². The van der Waals surface area contributed by atoms with E-state index in [0.29, 0.717) is 0 Å². The number of piperidine rings is 1. The van der Waals surface area contributed by atoms with Crippen LogP contribution in [0.15, 0.2) is 30.3 Å². The summed E-state index contributed by atoms with van der Waals surface area (Å²) < 4.78 is 0. The van der Waals surface area contributed by atoms with Crippen LogP contribution in [0.25, 0.3) is 0 Å². The van der Waals surface area contributed by atoms with Crippen LogP contribution in [0.2, 0.25) is 0 Å². The van der Waals surface area contributed by atoms with Crippen molar-refractivity contribution in [3.63, 3.8) is 0 Å². The fourth-order valence-electron chi connectivity index (χ4n) is 2.59. The standard InChI is InChI=1S/C16H21NO/c1-2-3-7-12-17-13-10-16(18,11-14-17)15-8-5-4-6-9-15/h1,4-6,8-9,18H,3,7,10-14H2. The summed E-state index contributed by atoms with van der Waals surface area (Å²) in [5.74, 6) is 2.67. The Morgan fingerprint density at radius 3 is 2.50 bits per heavy atom. The summed E-state index contributed by atoms with van der Waals surface area (Å²) in [5.41, 5.74) is 0.414. The lowest BCUT2D eigenvalue weighted by molar-refractivity contribution is -0.0259. The van der Waals surface area contributed by atoms with Crippen LogP contribution in [0, 0.1) is 12.3 Å². The van der Waals surface area contributed by atoms with Crippen molar-refractivity contribution in [1.82, 2.24) is 4.90 Å². The van der Waals surface area contributed by atoms with Crippen molar-refractivity contribution < 1.29 is 5.11 Å². The molecule has 0 saturated carbocycles. The summed E-state index contributed by atoms with van der Waals surface area (Å²) in [7, 11) is 0. The molecule has 0 radical (unpaired) electrons. The molecule has 1 aromatic carbocycles. The van der Waals surface area contributed by atoms with Gasteiger partial charge in [-0.15, -0.1) is 12.3 Å². The second-order valence-corrected chi connectivity index (χ2v) is 5.05. The lowest BCUT2D eigenvalue weighted by Gasteiger charge is -2.38. The molecule has 1 saturated heterocycles. The molecule has 0 bridgehead atoms. The molecule has 1 fully saturated rings. The molecule has 1 heterocycles. The Morgan fingerprint density at radius 2 is 1.89 bits per heavy atom. The zero-order valence-electron chi connectivity index (χ0n) is 10.8. The topological polar surface area (TPSA) is 23.5 Å². The maximum absolute atomic E-state index is 10.7. The third kappa shape index (κ3) is 3.13. The third-order valence-corrected chi connectivity index (χ3v) is 3.79. The number of benzene rings is 1. The van der Waals surface area contributed by atoms with Crippen LogP contribution in [-0.4, -0.2) is 29.6 Å². The number of rotatable bonds is 4. The van der Waals surface area contributed by atoms with Gasteiger partial charge in [0.1, 0.15) is 0 Å². The second kappa shape index (κ2) is 6.04. The van der Waals surface area contributed by atoms with Gasteiger partial charge in [-0.2, -0.15) is 0 Å². The SMILES string of the molecule is C#CCCCN1CCC(O)(c2ccccc2)CC1. The molecule has 0 aliphatic carbocycles. The Balaban J connectivity index is 1.88. The maximum Gasteiger partial charge on any atom is 0.0920 e. The highest BCUT2D eigenvalue weighted by Gasteiger charge is 2.33. The van der Waals surface area contributed by atoms with Gasteiger partial charge >= 0.3 is 0 Å². The second-order valence-electron chi connectivity index (χ2n) is 5.05. The van der Waals surface area contributed by atoms with Gasteiger partial charge in [-0.1, -0.05) is 30.3 Å². The van der Waals surface area contributed by atoms with Crippen LogP contribution < -0.4 is 0 Å². The lowest BCUT2D eigenvalue weighted by Crippen LogP contribution is -2.42. The zero-order chi connectivity index (χ0) is 12.8. The van der Waals surface area contributed by atoms with Crippen molar-refractivity contribution in [3.8, 4) is 12.3 Å². The Bertz CT molecular complexity index is 399. The molecular formula is C16H21NO. The molecule has 2 heteroatoms. The lowest BCUT2D eigenvalue weighted by atomic mass is 9.84. The van der Waals surface area contributed by atoms with E-state index in [1.807, 2.05) is 30.3 Å². The first-order valence-electron chi connectivity index (χ1n) is 6.68. The number of nitrogens with zero attached hydrogens (tertiary/aromatic N) is 1. The van der Waals surface area contributed by atoms with E-state index < -0.39 is 5.60 Å². The summed E-state index contributed by atoms with van der Waals surface area (Å²) in [6.45, 7) is 2.96. The molecule has 0 atom stereocenters. The van der Waals surface area contributed by atoms with E-state index in [4.69, 9.17) is 6.42 Å². The van der Waals surface area contributed by atoms with Crippen LogP contribution in [0.5, 0.6) is 0 Å². The molecule has 0 unspecified atom stereocenters. The highest BCUT2D eigenvalue weighted by molar-refractivity contribution is 5.22. The summed E-state index contributed by atoms with van der Waals surface area (Å²) >= 11 is 0. The monoisotopic (exact) mass is 243 g/mol. The van der Waals surface area contributed by atoms with Gasteiger partial charge < -0.3 is 10.0 Å². The molecule has 0 amide bonds. The molecular weight excluding hydrogens is 222 g/mol. The Kier molecular flexibility index (Phi) is 4.41. The van der Waals surface area contributed by atoms with Gasteiger partial charge in [0.05, 0.1) is 5.60 Å². The van der Waals surface area contributed by atoms with Gasteiger partial charge in [-0.3, -0.25) is 0 Å². The van der Waals surface area contributed by atoms with Crippen LogP contribution in [0.4, 0.5) is 0 Å². The average Bonchev–Trinajstić information content (AvgIpc) is 2.42. The quantitative estimate of drug-likeness (QED) is 0.648. The minimum atomic E-state index is -0.635. The van der Waals surface area contributed by atoms with Crippen LogP contribution in [0.3, 0.4) is 0 Å². The largest absolute Gasteiger partial charge is 0.385 e. The first kappa shape index (κ1) is 13.1. The van der Waals surface area contributed by atoms with Crippen molar-refractivity contribution >= 4 is 0 Å². The first-order chi connectivity index (χ1) is 8.74.